The van der Waals surface area contributed by atoms with Crippen LogP contribution in [0.15, 0.2) is 30.9 Å². The number of likely N-dealkylation sites (N-methyl/N-ethyl adjacent to an activating group) is 2. The van der Waals surface area contributed by atoms with E-state index in [-0.39, 0.29) is 0 Å². The van der Waals surface area contributed by atoms with Crippen molar-refractivity contribution in [2.24, 2.45) is 5.73 Å². The third-order valence-electron chi connectivity index (χ3n) is 5.73. The molecule has 1 aromatic carbocycles. The van der Waals surface area contributed by atoms with Gasteiger partial charge in [0.15, 0.2) is 0 Å². The van der Waals surface area contributed by atoms with Crippen LogP contribution in [0.2, 0.25) is 0 Å². The number of hydrogen-bond acceptors (Lipinski definition) is 6. The van der Waals surface area contributed by atoms with E-state index >= 15 is 0 Å². The summed E-state index contributed by atoms with van der Waals surface area (Å²) in [7, 11) is 6.04. The Morgan fingerprint density at radius 1 is 1.17 bits per heavy atom. The van der Waals surface area contributed by atoms with E-state index in [1.165, 1.54) is 12.8 Å². The van der Waals surface area contributed by atoms with E-state index in [0.717, 1.165) is 54.2 Å². The van der Waals surface area contributed by atoms with Gasteiger partial charge in [0.05, 0.1) is 40.5 Å². The molecule has 3 N–H and O–H groups in total. The van der Waals surface area contributed by atoms with E-state index < -0.39 is 5.91 Å². The molecule has 4 rings (SSSR count). The van der Waals surface area contributed by atoms with Gasteiger partial charge < -0.3 is 25.4 Å². The number of aromatic nitrogens is 3. The molecule has 3 heterocycles. The third kappa shape index (κ3) is 3.82. The summed E-state index contributed by atoms with van der Waals surface area (Å²) < 4.78 is 0. The number of aromatic amines is 1. The number of amides is 1. The number of primary amides is 1. The van der Waals surface area contributed by atoms with Crippen LogP contribution in [-0.4, -0.2) is 73.1 Å². The first-order valence-electron chi connectivity index (χ1n) is 10.3. The first-order chi connectivity index (χ1) is 14.5. The monoisotopic (exact) mass is 407 g/mol. The average Bonchev–Trinajstić information content (AvgIpc) is 3.42. The molecule has 0 aliphatic carbocycles. The van der Waals surface area contributed by atoms with Crippen molar-refractivity contribution in [2.45, 2.75) is 12.8 Å². The molecule has 3 aromatic rings. The highest BCUT2D eigenvalue weighted by Crippen LogP contribution is 2.36. The number of fused-ring (bicyclic) bond motifs is 1. The van der Waals surface area contributed by atoms with Gasteiger partial charge in [0.2, 0.25) is 0 Å². The van der Waals surface area contributed by atoms with Crippen molar-refractivity contribution in [3.8, 4) is 11.1 Å². The summed E-state index contributed by atoms with van der Waals surface area (Å²) in [5.41, 5.74) is 11.5. The summed E-state index contributed by atoms with van der Waals surface area (Å²) in [5, 5.41) is 0. The Labute approximate surface area is 176 Å². The Kier molecular flexibility index (Phi) is 5.59. The van der Waals surface area contributed by atoms with Crippen molar-refractivity contribution in [1.82, 2.24) is 19.9 Å². The smallest absolute Gasteiger partial charge is 0.253 e. The van der Waals surface area contributed by atoms with Crippen molar-refractivity contribution in [2.75, 3.05) is 57.1 Å². The lowest BCUT2D eigenvalue weighted by Crippen LogP contribution is -2.30. The number of carbonyl (C=O) groups excluding carboxylic acids is 1. The number of benzene rings is 1. The highest BCUT2D eigenvalue weighted by Gasteiger charge is 2.22. The quantitative estimate of drug-likeness (QED) is 0.624. The first-order valence-corrected chi connectivity index (χ1v) is 10.3. The van der Waals surface area contributed by atoms with Gasteiger partial charge in [-0.15, -0.1) is 0 Å². The number of anilines is 2. The molecule has 1 saturated heterocycles. The van der Waals surface area contributed by atoms with Crippen molar-refractivity contribution in [3.63, 3.8) is 0 Å². The lowest BCUT2D eigenvalue weighted by atomic mass is 9.99. The fourth-order valence-corrected chi connectivity index (χ4v) is 4.06. The highest BCUT2D eigenvalue weighted by molar-refractivity contribution is 6.12. The zero-order valence-corrected chi connectivity index (χ0v) is 17.9. The Bertz CT molecular complexity index is 1050. The van der Waals surface area contributed by atoms with Crippen LogP contribution in [0, 0.1) is 0 Å². The first kappa shape index (κ1) is 20.2. The minimum absolute atomic E-state index is 0.466. The normalized spacial score (nSPS) is 14.1. The van der Waals surface area contributed by atoms with Gasteiger partial charge in [-0.05, 0) is 39.1 Å². The van der Waals surface area contributed by atoms with Gasteiger partial charge in [-0.2, -0.15) is 0 Å². The number of nitrogens with two attached hydrogens (primary N) is 1. The molecule has 8 nitrogen and oxygen atoms in total. The number of hydrogen-bond donors (Lipinski definition) is 2. The third-order valence-corrected chi connectivity index (χ3v) is 5.73. The number of rotatable bonds is 7. The number of nitrogens with one attached hydrogen (secondary N) is 1. The molecule has 1 aliphatic heterocycles. The summed E-state index contributed by atoms with van der Waals surface area (Å²) in [6.45, 7) is 3.74. The van der Waals surface area contributed by atoms with Crippen LogP contribution in [0.5, 0.6) is 0 Å². The van der Waals surface area contributed by atoms with Crippen molar-refractivity contribution < 1.29 is 4.79 Å². The lowest BCUT2D eigenvalue weighted by Gasteiger charge is -2.25. The maximum atomic E-state index is 12.4. The number of carbonyl (C=O) groups is 1. The van der Waals surface area contributed by atoms with Crippen LogP contribution >= 0.6 is 0 Å². The second-order valence-corrected chi connectivity index (χ2v) is 8.16. The van der Waals surface area contributed by atoms with Crippen molar-refractivity contribution in [1.29, 1.82) is 0 Å². The molecule has 0 radical (unpaired) electrons. The van der Waals surface area contributed by atoms with Crippen LogP contribution in [-0.2, 0) is 0 Å². The van der Waals surface area contributed by atoms with Crippen molar-refractivity contribution >= 4 is 28.3 Å². The molecule has 0 unspecified atom stereocenters. The molecule has 0 spiro atoms. The fraction of sp³-hybridized carbons (Fsp3) is 0.409. The van der Waals surface area contributed by atoms with E-state index in [4.69, 9.17) is 5.73 Å². The molecule has 8 heteroatoms. The number of pyridine rings is 1. The van der Waals surface area contributed by atoms with E-state index in [1.54, 1.807) is 6.33 Å². The standard InChI is InChI=1S/C22H29N7O/c1-27(2)8-9-28(3)18-11-17(20-21(26-14-25-20)19(18)22(23)30)15-10-16(13-24-12-15)29-6-4-5-7-29/h10-14H,4-9H2,1-3H3,(H2,23,30)(H,25,26). The molecule has 0 bridgehead atoms. The maximum Gasteiger partial charge on any atom is 0.253 e. The molecular weight excluding hydrogens is 378 g/mol. The summed E-state index contributed by atoms with van der Waals surface area (Å²) in [4.78, 5) is 31.0. The SMILES string of the molecule is CN(C)CCN(C)c1cc(-c2cncc(N3CCCC3)c2)c2nc[nH]c2c1C(N)=O. The molecule has 158 valence electrons. The van der Waals surface area contributed by atoms with Gasteiger partial charge >= 0.3 is 0 Å². The Morgan fingerprint density at radius 3 is 2.63 bits per heavy atom. The van der Waals surface area contributed by atoms with Crippen LogP contribution in [0.1, 0.15) is 23.2 Å². The van der Waals surface area contributed by atoms with E-state index in [2.05, 4.69) is 35.7 Å². The van der Waals surface area contributed by atoms with Gasteiger partial charge in [0, 0.05) is 50.6 Å². The van der Waals surface area contributed by atoms with Crippen LogP contribution in [0.25, 0.3) is 22.2 Å². The second-order valence-electron chi connectivity index (χ2n) is 8.16. The van der Waals surface area contributed by atoms with Crippen molar-refractivity contribution in [3.05, 3.63) is 36.4 Å². The number of nitrogens with zero attached hydrogens (tertiary/aromatic N) is 5. The number of imidazole rings is 1. The Balaban J connectivity index is 1.84. The van der Waals surface area contributed by atoms with Gasteiger partial charge in [-0.3, -0.25) is 9.78 Å². The molecule has 30 heavy (non-hydrogen) atoms. The predicted molar refractivity (Wildman–Crippen MR) is 121 cm³/mol. The summed E-state index contributed by atoms with van der Waals surface area (Å²) >= 11 is 0. The molecule has 0 saturated carbocycles. The molecule has 1 fully saturated rings. The summed E-state index contributed by atoms with van der Waals surface area (Å²) in [6.07, 6.45) is 7.81. The van der Waals surface area contributed by atoms with Crippen LogP contribution < -0.4 is 15.5 Å². The van der Waals surface area contributed by atoms with Gasteiger partial charge in [-0.1, -0.05) is 0 Å². The lowest BCUT2D eigenvalue weighted by molar-refractivity contribution is 0.100. The molecule has 1 aliphatic rings. The zero-order valence-electron chi connectivity index (χ0n) is 17.9. The average molecular weight is 408 g/mol. The molecule has 0 atom stereocenters. The summed E-state index contributed by atoms with van der Waals surface area (Å²) in [6, 6.07) is 4.18. The van der Waals surface area contributed by atoms with E-state index in [0.29, 0.717) is 11.1 Å². The van der Waals surface area contributed by atoms with E-state index in [1.807, 2.05) is 39.6 Å². The predicted octanol–water partition coefficient (Wildman–Crippen LogP) is 2.32. The second kappa shape index (κ2) is 8.31. The Morgan fingerprint density at radius 2 is 1.93 bits per heavy atom. The molecule has 2 aromatic heterocycles. The minimum atomic E-state index is -0.466. The minimum Gasteiger partial charge on any atom is -0.373 e. The van der Waals surface area contributed by atoms with Gasteiger partial charge in [0.25, 0.3) is 5.91 Å². The Hall–Kier alpha value is -3.13. The highest BCUT2D eigenvalue weighted by atomic mass is 16.1. The zero-order chi connectivity index (χ0) is 21.3. The topological polar surface area (TPSA) is 94.4 Å². The van der Waals surface area contributed by atoms with Crippen LogP contribution in [0.3, 0.4) is 0 Å². The largest absolute Gasteiger partial charge is 0.373 e. The van der Waals surface area contributed by atoms with Gasteiger partial charge in [-0.25, -0.2) is 4.98 Å². The molecular formula is C22H29N7O. The van der Waals surface area contributed by atoms with E-state index in [9.17, 15) is 4.79 Å². The fourth-order valence-electron chi connectivity index (χ4n) is 4.06. The van der Waals surface area contributed by atoms with Crippen LogP contribution in [0.4, 0.5) is 11.4 Å². The maximum absolute atomic E-state index is 12.4. The number of H-pyrrole nitrogens is 1. The molecule has 1 amide bonds. The summed E-state index contributed by atoms with van der Waals surface area (Å²) in [5.74, 6) is -0.466. The van der Waals surface area contributed by atoms with Gasteiger partial charge in [0.1, 0.15) is 0 Å².